The minimum absolute atomic E-state index is 0.0849. The Morgan fingerprint density at radius 1 is 1.17 bits per heavy atom. The third-order valence-corrected chi connectivity index (χ3v) is 5.39. The molecule has 2 heterocycles. The Balaban J connectivity index is 1.61. The monoisotopic (exact) mass is 343 g/mol. The first kappa shape index (κ1) is 15.9. The summed E-state index contributed by atoms with van der Waals surface area (Å²) >= 11 is 3.09. The van der Waals surface area contributed by atoms with Gasteiger partial charge in [-0.3, -0.25) is 4.79 Å². The third kappa shape index (κ3) is 3.88. The quantitative estimate of drug-likeness (QED) is 0.732. The van der Waals surface area contributed by atoms with Crippen molar-refractivity contribution in [1.29, 1.82) is 0 Å². The van der Waals surface area contributed by atoms with Crippen LogP contribution in [0.25, 0.3) is 0 Å². The highest BCUT2D eigenvalue weighted by Gasteiger charge is 2.14. The summed E-state index contributed by atoms with van der Waals surface area (Å²) in [6.07, 6.45) is -0.590. The number of aliphatic hydroxyl groups is 1. The van der Waals surface area contributed by atoms with E-state index in [1.807, 2.05) is 60.1 Å². The largest absolute Gasteiger partial charge is 0.383 e. The van der Waals surface area contributed by atoms with Crippen molar-refractivity contribution in [3.63, 3.8) is 0 Å². The van der Waals surface area contributed by atoms with Gasteiger partial charge in [0, 0.05) is 15.3 Å². The highest BCUT2D eigenvalue weighted by atomic mass is 32.1. The lowest BCUT2D eigenvalue weighted by Gasteiger charge is -2.06. The zero-order chi connectivity index (χ0) is 16.2. The van der Waals surface area contributed by atoms with Gasteiger partial charge in [-0.15, -0.1) is 11.3 Å². The molecule has 1 amide bonds. The maximum Gasteiger partial charge on any atom is 0.251 e. The summed E-state index contributed by atoms with van der Waals surface area (Å²) in [5.74, 6) is -0.0849. The molecule has 3 aromatic rings. The minimum Gasteiger partial charge on any atom is -0.383 e. The molecule has 0 fully saturated rings. The molecule has 23 heavy (non-hydrogen) atoms. The van der Waals surface area contributed by atoms with Crippen LogP contribution in [0.1, 0.15) is 37.3 Å². The summed E-state index contributed by atoms with van der Waals surface area (Å²) < 4.78 is 0. The molecule has 3 nitrogen and oxygen atoms in total. The predicted molar refractivity (Wildman–Crippen MR) is 95.0 cm³/mol. The van der Waals surface area contributed by atoms with Crippen LogP contribution in [0, 0.1) is 6.92 Å². The molecule has 3 rings (SSSR count). The van der Waals surface area contributed by atoms with Gasteiger partial charge in [-0.05, 0) is 53.6 Å². The molecule has 2 aromatic heterocycles. The number of hydrogen-bond donors (Lipinski definition) is 2. The van der Waals surface area contributed by atoms with Crippen molar-refractivity contribution in [2.24, 2.45) is 0 Å². The summed E-state index contributed by atoms with van der Waals surface area (Å²) in [5.41, 5.74) is 2.70. The van der Waals surface area contributed by atoms with Crippen molar-refractivity contribution in [3.8, 4) is 0 Å². The van der Waals surface area contributed by atoms with Gasteiger partial charge in [-0.2, -0.15) is 11.3 Å². The van der Waals surface area contributed by atoms with Crippen molar-refractivity contribution >= 4 is 28.6 Å². The fourth-order valence-electron chi connectivity index (χ4n) is 2.21. The summed E-state index contributed by atoms with van der Waals surface area (Å²) in [6, 6.07) is 13.3. The molecule has 0 aliphatic rings. The molecule has 5 heteroatoms. The molecule has 1 atom stereocenters. The van der Waals surface area contributed by atoms with E-state index in [0.717, 1.165) is 20.9 Å². The second kappa shape index (κ2) is 7.08. The van der Waals surface area contributed by atoms with Crippen molar-refractivity contribution in [2.75, 3.05) is 0 Å². The molecule has 0 aliphatic heterocycles. The summed E-state index contributed by atoms with van der Waals surface area (Å²) in [6.45, 7) is 2.46. The number of aliphatic hydroxyl groups excluding tert-OH is 1. The summed E-state index contributed by atoms with van der Waals surface area (Å²) in [5, 5.41) is 17.1. The number of carbonyl (C=O) groups excluding carboxylic acids is 1. The van der Waals surface area contributed by atoms with Crippen molar-refractivity contribution in [3.05, 3.63) is 79.7 Å². The van der Waals surface area contributed by atoms with E-state index in [0.29, 0.717) is 12.1 Å². The van der Waals surface area contributed by atoms with Crippen LogP contribution in [0.4, 0.5) is 0 Å². The minimum atomic E-state index is -0.590. The van der Waals surface area contributed by atoms with Gasteiger partial charge in [-0.25, -0.2) is 0 Å². The average molecular weight is 343 g/mol. The Kier molecular flexibility index (Phi) is 4.91. The normalized spacial score (nSPS) is 12.1. The average Bonchev–Trinajstić information content (AvgIpc) is 3.24. The molecule has 0 spiro atoms. The first-order chi connectivity index (χ1) is 11.1. The lowest BCUT2D eigenvalue weighted by Crippen LogP contribution is -2.22. The van der Waals surface area contributed by atoms with Crippen LogP contribution in [-0.4, -0.2) is 11.0 Å². The maximum atomic E-state index is 12.1. The van der Waals surface area contributed by atoms with Crippen LogP contribution in [0.3, 0.4) is 0 Å². The highest BCUT2D eigenvalue weighted by molar-refractivity contribution is 7.12. The molecule has 0 radical (unpaired) electrons. The van der Waals surface area contributed by atoms with Crippen LogP contribution in [-0.2, 0) is 6.54 Å². The van der Waals surface area contributed by atoms with E-state index >= 15 is 0 Å². The number of aryl methyl sites for hydroxylation is 1. The van der Waals surface area contributed by atoms with Crippen molar-refractivity contribution < 1.29 is 9.90 Å². The summed E-state index contributed by atoms with van der Waals surface area (Å²) in [7, 11) is 0. The molecule has 2 N–H and O–H groups in total. The number of benzene rings is 1. The number of hydrogen-bond acceptors (Lipinski definition) is 4. The maximum absolute atomic E-state index is 12.1. The molecule has 0 saturated heterocycles. The Hall–Kier alpha value is -1.95. The Labute approximate surface area is 143 Å². The van der Waals surface area contributed by atoms with E-state index in [2.05, 4.69) is 5.32 Å². The topological polar surface area (TPSA) is 49.3 Å². The van der Waals surface area contributed by atoms with Gasteiger partial charge in [0.15, 0.2) is 0 Å². The standard InChI is InChI=1S/C18H17NO2S2/c1-12-2-4-13(5-3-12)18(21)19-10-15-6-7-16(23-15)17(20)14-8-9-22-11-14/h2-9,11,17,20H,10H2,1H3,(H,19,21). The zero-order valence-corrected chi connectivity index (χ0v) is 14.3. The third-order valence-electron chi connectivity index (χ3n) is 3.55. The first-order valence-corrected chi connectivity index (χ1v) is 9.03. The molecular formula is C18H17NO2S2. The number of thiophene rings is 2. The predicted octanol–water partition coefficient (Wildman–Crippen LogP) is 4.13. The van der Waals surface area contributed by atoms with E-state index < -0.39 is 6.10 Å². The van der Waals surface area contributed by atoms with Crippen LogP contribution < -0.4 is 5.32 Å². The molecule has 0 aliphatic carbocycles. The van der Waals surface area contributed by atoms with Crippen LogP contribution in [0.5, 0.6) is 0 Å². The second-order valence-electron chi connectivity index (χ2n) is 5.31. The van der Waals surface area contributed by atoms with Crippen LogP contribution >= 0.6 is 22.7 Å². The van der Waals surface area contributed by atoms with Gasteiger partial charge in [0.2, 0.25) is 0 Å². The van der Waals surface area contributed by atoms with Crippen LogP contribution in [0.15, 0.2) is 53.2 Å². The molecule has 1 aromatic carbocycles. The van der Waals surface area contributed by atoms with Gasteiger partial charge >= 0.3 is 0 Å². The fourth-order valence-corrected chi connectivity index (χ4v) is 3.85. The van der Waals surface area contributed by atoms with Gasteiger partial charge < -0.3 is 10.4 Å². The second-order valence-corrected chi connectivity index (χ2v) is 7.29. The van der Waals surface area contributed by atoms with Gasteiger partial charge in [-0.1, -0.05) is 17.7 Å². The van der Waals surface area contributed by atoms with Gasteiger partial charge in [0.1, 0.15) is 6.10 Å². The number of rotatable bonds is 5. The number of nitrogens with one attached hydrogen (secondary N) is 1. The van der Waals surface area contributed by atoms with Crippen molar-refractivity contribution in [2.45, 2.75) is 19.6 Å². The smallest absolute Gasteiger partial charge is 0.251 e. The van der Waals surface area contributed by atoms with E-state index in [9.17, 15) is 9.90 Å². The lowest BCUT2D eigenvalue weighted by atomic mass is 10.1. The molecular weight excluding hydrogens is 326 g/mol. The number of carbonyl (C=O) groups is 1. The Morgan fingerprint density at radius 2 is 1.96 bits per heavy atom. The molecule has 118 valence electrons. The Bertz CT molecular complexity index is 776. The number of amides is 1. The van der Waals surface area contributed by atoms with E-state index in [4.69, 9.17) is 0 Å². The lowest BCUT2D eigenvalue weighted by molar-refractivity contribution is 0.0951. The fraction of sp³-hybridized carbons (Fsp3) is 0.167. The zero-order valence-electron chi connectivity index (χ0n) is 12.7. The SMILES string of the molecule is Cc1ccc(C(=O)NCc2ccc(C(O)c3ccsc3)s2)cc1. The molecule has 0 saturated carbocycles. The van der Waals surface area contributed by atoms with Gasteiger partial charge in [0.05, 0.1) is 6.54 Å². The highest BCUT2D eigenvalue weighted by Crippen LogP contribution is 2.29. The summed E-state index contributed by atoms with van der Waals surface area (Å²) in [4.78, 5) is 14.0. The van der Waals surface area contributed by atoms with Crippen LogP contribution in [0.2, 0.25) is 0 Å². The van der Waals surface area contributed by atoms with E-state index in [1.165, 1.54) is 11.3 Å². The molecule has 1 unspecified atom stereocenters. The van der Waals surface area contributed by atoms with Gasteiger partial charge in [0.25, 0.3) is 5.91 Å². The first-order valence-electron chi connectivity index (χ1n) is 7.27. The van der Waals surface area contributed by atoms with E-state index in [-0.39, 0.29) is 5.91 Å². The van der Waals surface area contributed by atoms with E-state index in [1.54, 1.807) is 11.3 Å². The Morgan fingerprint density at radius 3 is 2.65 bits per heavy atom. The molecule has 0 bridgehead atoms. The van der Waals surface area contributed by atoms with Crippen molar-refractivity contribution in [1.82, 2.24) is 5.32 Å².